The van der Waals surface area contributed by atoms with Gasteiger partial charge < -0.3 is 4.74 Å². The van der Waals surface area contributed by atoms with Crippen LogP contribution in [0.4, 0.5) is 17.6 Å². The smallest absolute Gasteiger partial charge is 0.406 e. The fraction of sp³-hybridized carbons (Fsp3) is 0.0204. The van der Waals surface area contributed by atoms with Crippen molar-refractivity contribution in [3.63, 3.8) is 0 Å². The van der Waals surface area contributed by atoms with E-state index in [9.17, 15) is 17.6 Å². The van der Waals surface area contributed by atoms with Crippen LogP contribution in [0.3, 0.4) is 0 Å². The molecule has 54 heavy (non-hydrogen) atoms. The van der Waals surface area contributed by atoms with Gasteiger partial charge in [-0.1, -0.05) is 140 Å². The van der Waals surface area contributed by atoms with Crippen LogP contribution in [0.1, 0.15) is 0 Å². The van der Waals surface area contributed by atoms with Crippen molar-refractivity contribution in [1.29, 1.82) is 0 Å². The van der Waals surface area contributed by atoms with E-state index in [1.165, 1.54) is 35.0 Å². The number of hydrogen-bond acceptors (Lipinski definition) is 1. The molecule has 0 spiro atoms. The number of alkyl halides is 3. The number of benzene rings is 10. The van der Waals surface area contributed by atoms with E-state index < -0.39 is 6.36 Å². The topological polar surface area (TPSA) is 9.23 Å². The maximum Gasteiger partial charge on any atom is 0.573 e. The van der Waals surface area contributed by atoms with Crippen molar-refractivity contribution in [2.24, 2.45) is 0 Å². The highest BCUT2D eigenvalue weighted by molar-refractivity contribution is 6.30. The van der Waals surface area contributed by atoms with E-state index in [0.29, 0.717) is 0 Å². The second-order valence-electron chi connectivity index (χ2n) is 13.6. The number of fused-ring (bicyclic) bond motifs is 2. The minimum absolute atomic E-state index is 0.252. The van der Waals surface area contributed by atoms with Crippen LogP contribution in [0.15, 0.2) is 170 Å². The molecular weight excluding hydrogens is 681 g/mol. The summed E-state index contributed by atoms with van der Waals surface area (Å²) < 4.78 is 56.5. The highest BCUT2D eigenvalue weighted by Crippen LogP contribution is 2.48. The molecule has 0 atom stereocenters. The minimum Gasteiger partial charge on any atom is -0.406 e. The van der Waals surface area contributed by atoms with Crippen LogP contribution in [0, 0.1) is 5.82 Å². The monoisotopic (exact) mass is 708 g/mol. The Labute approximate surface area is 307 Å². The molecule has 0 aliphatic heterocycles. The number of rotatable bonds is 5. The molecule has 0 aliphatic carbocycles. The van der Waals surface area contributed by atoms with Crippen molar-refractivity contribution in [3.05, 3.63) is 176 Å². The molecule has 0 heterocycles. The van der Waals surface area contributed by atoms with E-state index in [1.807, 2.05) is 24.3 Å². The molecule has 0 saturated heterocycles. The molecule has 0 aliphatic rings. The summed E-state index contributed by atoms with van der Waals surface area (Å²) in [5, 5.41) is 11.4. The molecule has 0 radical (unpaired) electrons. The standard InChI is InChI=1S/C49H28F4O/c50-35-20-12-30(13-21-35)45-38-8-1-3-10-40(38)48(41-11-4-2-9-39(41)45)44-27-19-32-17-25-42-37(24-16-31-18-26-43(44)47(32)46(31)42)34-7-5-6-33(28-34)29-14-22-36(23-15-29)54-49(51,52)53/h1-28H. The highest BCUT2D eigenvalue weighted by atomic mass is 19.4. The summed E-state index contributed by atoms with van der Waals surface area (Å²) in [6, 6.07) is 55.4. The summed E-state index contributed by atoms with van der Waals surface area (Å²) in [5.41, 5.74) is 8.11. The van der Waals surface area contributed by atoms with Crippen molar-refractivity contribution in [1.82, 2.24) is 0 Å². The third-order valence-corrected chi connectivity index (χ3v) is 10.6. The van der Waals surface area contributed by atoms with Gasteiger partial charge in [0, 0.05) is 0 Å². The largest absolute Gasteiger partial charge is 0.573 e. The summed E-state index contributed by atoms with van der Waals surface area (Å²) in [5.74, 6) is -0.514. The summed E-state index contributed by atoms with van der Waals surface area (Å²) in [6.45, 7) is 0. The van der Waals surface area contributed by atoms with Gasteiger partial charge in [-0.2, -0.15) is 0 Å². The van der Waals surface area contributed by atoms with Crippen LogP contribution in [-0.4, -0.2) is 6.36 Å². The quantitative estimate of drug-likeness (QED) is 0.0983. The van der Waals surface area contributed by atoms with Crippen LogP contribution in [0.5, 0.6) is 5.75 Å². The summed E-state index contributed by atoms with van der Waals surface area (Å²) in [6.07, 6.45) is -4.74. The van der Waals surface area contributed by atoms with E-state index in [-0.39, 0.29) is 11.6 Å². The Morgan fingerprint density at radius 3 is 1.46 bits per heavy atom. The molecule has 5 heteroatoms. The molecule has 1 nitrogen and oxygen atoms in total. The van der Waals surface area contributed by atoms with Gasteiger partial charge in [-0.25, -0.2) is 4.39 Å². The van der Waals surface area contributed by atoms with Crippen LogP contribution in [0.2, 0.25) is 0 Å². The Balaban J connectivity index is 1.17. The van der Waals surface area contributed by atoms with Crippen molar-refractivity contribution >= 4 is 53.9 Å². The van der Waals surface area contributed by atoms with Crippen molar-refractivity contribution in [2.75, 3.05) is 0 Å². The van der Waals surface area contributed by atoms with E-state index in [4.69, 9.17) is 0 Å². The van der Waals surface area contributed by atoms with Gasteiger partial charge in [-0.3, -0.25) is 0 Å². The first-order valence-corrected chi connectivity index (χ1v) is 17.7. The average Bonchev–Trinajstić information content (AvgIpc) is 3.19. The third kappa shape index (κ3) is 5.23. The fourth-order valence-corrected chi connectivity index (χ4v) is 8.33. The van der Waals surface area contributed by atoms with Gasteiger partial charge in [-0.05, 0) is 129 Å². The fourth-order valence-electron chi connectivity index (χ4n) is 8.33. The molecule has 10 aromatic rings. The number of halogens is 4. The van der Waals surface area contributed by atoms with Crippen LogP contribution in [-0.2, 0) is 0 Å². The van der Waals surface area contributed by atoms with Gasteiger partial charge >= 0.3 is 6.36 Å². The normalized spacial score (nSPS) is 12.1. The first kappa shape index (κ1) is 32.0. The molecule has 0 amide bonds. The van der Waals surface area contributed by atoms with Crippen LogP contribution >= 0.6 is 0 Å². The average molecular weight is 709 g/mol. The highest BCUT2D eigenvalue weighted by Gasteiger charge is 2.31. The summed E-state index contributed by atoms with van der Waals surface area (Å²) in [4.78, 5) is 0. The van der Waals surface area contributed by atoms with Gasteiger partial charge in [0.2, 0.25) is 0 Å². The molecule has 258 valence electrons. The molecule has 0 fully saturated rings. The van der Waals surface area contributed by atoms with Gasteiger partial charge in [0.1, 0.15) is 11.6 Å². The Kier molecular flexibility index (Phi) is 7.21. The van der Waals surface area contributed by atoms with Crippen molar-refractivity contribution in [3.8, 4) is 50.3 Å². The molecule has 0 unspecified atom stereocenters. The molecule has 0 bridgehead atoms. The first-order valence-electron chi connectivity index (χ1n) is 17.7. The maximum absolute atomic E-state index is 14.1. The molecule has 0 saturated carbocycles. The third-order valence-electron chi connectivity index (χ3n) is 10.6. The Morgan fingerprint density at radius 1 is 0.370 bits per heavy atom. The van der Waals surface area contributed by atoms with Crippen molar-refractivity contribution < 1.29 is 22.3 Å². The molecule has 0 aromatic heterocycles. The molecule has 0 N–H and O–H groups in total. The van der Waals surface area contributed by atoms with E-state index >= 15 is 0 Å². The zero-order valence-corrected chi connectivity index (χ0v) is 28.6. The lowest BCUT2D eigenvalue weighted by Crippen LogP contribution is -2.16. The summed E-state index contributed by atoms with van der Waals surface area (Å²) >= 11 is 0. The molecule has 10 rings (SSSR count). The van der Waals surface area contributed by atoms with E-state index in [1.54, 1.807) is 12.1 Å². The van der Waals surface area contributed by atoms with Gasteiger partial charge in [-0.15, -0.1) is 13.2 Å². The van der Waals surface area contributed by atoms with Crippen LogP contribution < -0.4 is 4.74 Å². The Bertz CT molecular complexity index is 3000. The zero-order valence-electron chi connectivity index (χ0n) is 28.6. The molecule has 10 aromatic carbocycles. The lowest BCUT2D eigenvalue weighted by atomic mass is 9.83. The Hall–Kier alpha value is -6.72. The van der Waals surface area contributed by atoms with Gasteiger partial charge in [0.15, 0.2) is 0 Å². The Morgan fingerprint density at radius 2 is 0.870 bits per heavy atom. The molecular formula is C49H28F4O. The first-order chi connectivity index (χ1) is 26.3. The number of hydrogen-bond donors (Lipinski definition) is 0. The lowest BCUT2D eigenvalue weighted by Gasteiger charge is -2.20. The predicted molar refractivity (Wildman–Crippen MR) is 214 cm³/mol. The number of ether oxygens (including phenoxy) is 1. The SMILES string of the molecule is Fc1ccc(-c2c3ccccc3c(-c3ccc4ccc5c(-c6cccc(-c7ccc(OC(F)(F)F)cc7)c6)ccc6ccc3c4c65)c3ccccc23)cc1. The van der Waals surface area contributed by atoms with Crippen molar-refractivity contribution in [2.45, 2.75) is 6.36 Å². The minimum atomic E-state index is -4.74. The van der Waals surface area contributed by atoms with Gasteiger partial charge in [0.05, 0.1) is 0 Å². The predicted octanol–water partition coefficient (Wildman–Crippen LogP) is 14.6. The summed E-state index contributed by atoms with van der Waals surface area (Å²) in [7, 11) is 0. The second kappa shape index (κ2) is 12.2. The van der Waals surface area contributed by atoms with Crippen LogP contribution in [0.25, 0.3) is 98.4 Å². The van der Waals surface area contributed by atoms with Gasteiger partial charge in [0.25, 0.3) is 0 Å². The van der Waals surface area contributed by atoms with E-state index in [2.05, 4.69) is 114 Å². The second-order valence-corrected chi connectivity index (χ2v) is 13.6. The van der Waals surface area contributed by atoms with E-state index in [0.717, 1.165) is 87.6 Å². The zero-order chi connectivity index (χ0) is 36.6. The maximum atomic E-state index is 14.1. The lowest BCUT2D eigenvalue weighted by molar-refractivity contribution is -0.274.